The second-order valence-electron chi connectivity index (χ2n) is 5.96. The monoisotopic (exact) mass is 297 g/mol. The Morgan fingerprint density at radius 1 is 1.19 bits per heavy atom. The molecule has 1 heterocycles. The van der Waals surface area contributed by atoms with Crippen molar-refractivity contribution in [2.75, 3.05) is 40.3 Å². The zero-order chi connectivity index (χ0) is 15.4. The summed E-state index contributed by atoms with van der Waals surface area (Å²) < 4.78 is 26.7. The fourth-order valence-corrected chi connectivity index (χ4v) is 3.07. The quantitative estimate of drug-likeness (QED) is 0.893. The van der Waals surface area contributed by atoms with Crippen molar-refractivity contribution in [3.05, 3.63) is 35.4 Å². The summed E-state index contributed by atoms with van der Waals surface area (Å²) in [5.74, 6) is -1.01. The standard InChI is InChI=1S/C16H25F2N3/c1-4-19-15(16-11-20(2)5-6-21(16)3)9-12-7-13(17)10-14(18)8-12/h7-8,10,15-16,19H,4-6,9,11H2,1-3H3. The van der Waals surface area contributed by atoms with Gasteiger partial charge in [-0.25, -0.2) is 8.78 Å². The molecule has 0 radical (unpaired) electrons. The third-order valence-electron chi connectivity index (χ3n) is 4.21. The molecule has 0 spiro atoms. The molecule has 1 fully saturated rings. The van der Waals surface area contributed by atoms with Gasteiger partial charge in [0.1, 0.15) is 11.6 Å². The van der Waals surface area contributed by atoms with Gasteiger partial charge in [0, 0.05) is 37.8 Å². The maximum Gasteiger partial charge on any atom is 0.126 e. The third kappa shape index (κ3) is 4.46. The van der Waals surface area contributed by atoms with Crippen LogP contribution in [0.2, 0.25) is 0 Å². The van der Waals surface area contributed by atoms with Gasteiger partial charge in [0.25, 0.3) is 0 Å². The van der Waals surface area contributed by atoms with Crippen LogP contribution in [0.5, 0.6) is 0 Å². The predicted molar refractivity (Wildman–Crippen MR) is 81.4 cm³/mol. The van der Waals surface area contributed by atoms with Crippen molar-refractivity contribution in [2.24, 2.45) is 0 Å². The van der Waals surface area contributed by atoms with Gasteiger partial charge in [-0.3, -0.25) is 4.90 Å². The van der Waals surface area contributed by atoms with E-state index in [1.165, 1.54) is 12.1 Å². The summed E-state index contributed by atoms with van der Waals surface area (Å²) in [7, 11) is 4.24. The topological polar surface area (TPSA) is 18.5 Å². The van der Waals surface area contributed by atoms with Gasteiger partial charge in [-0.2, -0.15) is 0 Å². The summed E-state index contributed by atoms with van der Waals surface area (Å²) in [5.41, 5.74) is 0.708. The molecule has 21 heavy (non-hydrogen) atoms. The van der Waals surface area contributed by atoms with Crippen molar-refractivity contribution in [3.63, 3.8) is 0 Å². The Morgan fingerprint density at radius 3 is 2.48 bits per heavy atom. The van der Waals surface area contributed by atoms with Gasteiger partial charge < -0.3 is 10.2 Å². The first kappa shape index (κ1) is 16.3. The lowest BCUT2D eigenvalue weighted by Gasteiger charge is -2.42. The zero-order valence-corrected chi connectivity index (χ0v) is 13.1. The van der Waals surface area contributed by atoms with E-state index in [0.29, 0.717) is 18.0 Å². The van der Waals surface area contributed by atoms with Crippen LogP contribution >= 0.6 is 0 Å². The van der Waals surface area contributed by atoms with E-state index in [9.17, 15) is 8.78 Å². The van der Waals surface area contributed by atoms with Crippen molar-refractivity contribution in [1.29, 1.82) is 0 Å². The molecule has 1 aromatic carbocycles. The molecule has 0 amide bonds. The van der Waals surface area contributed by atoms with Gasteiger partial charge in [0.2, 0.25) is 0 Å². The number of likely N-dealkylation sites (N-methyl/N-ethyl adjacent to an activating group) is 3. The van der Waals surface area contributed by atoms with Crippen LogP contribution in [-0.2, 0) is 6.42 Å². The van der Waals surface area contributed by atoms with Crippen LogP contribution in [0.4, 0.5) is 8.78 Å². The minimum atomic E-state index is -0.505. The average molecular weight is 297 g/mol. The maximum atomic E-state index is 13.4. The molecule has 0 saturated carbocycles. The number of nitrogens with one attached hydrogen (secondary N) is 1. The van der Waals surface area contributed by atoms with Gasteiger partial charge in [0.05, 0.1) is 0 Å². The van der Waals surface area contributed by atoms with E-state index >= 15 is 0 Å². The van der Waals surface area contributed by atoms with Crippen LogP contribution in [0.3, 0.4) is 0 Å². The highest BCUT2D eigenvalue weighted by atomic mass is 19.1. The lowest BCUT2D eigenvalue weighted by Crippen LogP contribution is -2.59. The van der Waals surface area contributed by atoms with Gasteiger partial charge in [0.15, 0.2) is 0 Å². The summed E-state index contributed by atoms with van der Waals surface area (Å²) in [6.45, 7) is 5.94. The van der Waals surface area contributed by atoms with Crippen molar-refractivity contribution in [1.82, 2.24) is 15.1 Å². The SMILES string of the molecule is CCNC(Cc1cc(F)cc(F)c1)C1CN(C)CCN1C. The van der Waals surface area contributed by atoms with Crippen molar-refractivity contribution in [3.8, 4) is 0 Å². The molecule has 0 aliphatic carbocycles. The molecule has 3 nitrogen and oxygen atoms in total. The fourth-order valence-electron chi connectivity index (χ4n) is 3.07. The highest BCUT2D eigenvalue weighted by Crippen LogP contribution is 2.16. The Balaban J connectivity index is 2.14. The van der Waals surface area contributed by atoms with E-state index in [-0.39, 0.29) is 6.04 Å². The molecule has 1 aliphatic rings. The van der Waals surface area contributed by atoms with Gasteiger partial charge in [-0.15, -0.1) is 0 Å². The summed E-state index contributed by atoms with van der Waals surface area (Å²) in [6, 6.07) is 4.31. The summed E-state index contributed by atoms with van der Waals surface area (Å²) >= 11 is 0. The van der Waals surface area contributed by atoms with Crippen LogP contribution in [0, 0.1) is 11.6 Å². The molecule has 2 rings (SSSR count). The maximum absolute atomic E-state index is 13.4. The minimum absolute atomic E-state index is 0.184. The first-order valence-corrected chi connectivity index (χ1v) is 7.56. The molecule has 2 atom stereocenters. The highest BCUT2D eigenvalue weighted by Gasteiger charge is 2.29. The van der Waals surface area contributed by atoms with Crippen LogP contribution < -0.4 is 5.32 Å². The zero-order valence-electron chi connectivity index (χ0n) is 13.1. The van der Waals surface area contributed by atoms with E-state index < -0.39 is 11.6 Å². The van der Waals surface area contributed by atoms with Crippen molar-refractivity contribution in [2.45, 2.75) is 25.4 Å². The molecule has 118 valence electrons. The van der Waals surface area contributed by atoms with Gasteiger partial charge >= 0.3 is 0 Å². The second kappa shape index (κ2) is 7.29. The minimum Gasteiger partial charge on any atom is -0.312 e. The van der Waals surface area contributed by atoms with E-state index in [4.69, 9.17) is 0 Å². The third-order valence-corrected chi connectivity index (χ3v) is 4.21. The number of nitrogens with zero attached hydrogens (tertiary/aromatic N) is 2. The summed E-state index contributed by atoms with van der Waals surface area (Å²) in [5, 5.41) is 3.48. The first-order chi connectivity index (χ1) is 9.99. The average Bonchev–Trinajstić information content (AvgIpc) is 2.40. The Bertz CT molecular complexity index is 447. The largest absolute Gasteiger partial charge is 0.312 e. The molecule has 2 unspecified atom stereocenters. The smallest absolute Gasteiger partial charge is 0.126 e. The summed E-state index contributed by atoms with van der Waals surface area (Å²) in [4.78, 5) is 4.64. The highest BCUT2D eigenvalue weighted by molar-refractivity contribution is 5.19. The Kier molecular flexibility index (Phi) is 5.67. The lowest BCUT2D eigenvalue weighted by molar-refractivity contribution is 0.0880. The molecule has 1 N–H and O–H groups in total. The fraction of sp³-hybridized carbons (Fsp3) is 0.625. The molecule has 1 aromatic rings. The lowest BCUT2D eigenvalue weighted by atomic mass is 9.96. The predicted octanol–water partition coefficient (Wildman–Crippen LogP) is 1.73. The molecule has 1 saturated heterocycles. The molecule has 1 aliphatic heterocycles. The Labute approximate surface area is 125 Å². The van der Waals surface area contributed by atoms with E-state index in [1.54, 1.807) is 0 Å². The number of rotatable bonds is 5. The molecule has 0 bridgehead atoms. The first-order valence-electron chi connectivity index (χ1n) is 7.56. The van der Waals surface area contributed by atoms with Crippen LogP contribution in [-0.4, -0.2) is 62.2 Å². The Morgan fingerprint density at radius 2 is 1.86 bits per heavy atom. The molecule has 5 heteroatoms. The van der Waals surface area contributed by atoms with E-state index in [0.717, 1.165) is 32.2 Å². The van der Waals surface area contributed by atoms with Crippen molar-refractivity contribution < 1.29 is 8.78 Å². The van der Waals surface area contributed by atoms with E-state index in [1.807, 2.05) is 0 Å². The van der Waals surface area contributed by atoms with Crippen LogP contribution in [0.1, 0.15) is 12.5 Å². The van der Waals surface area contributed by atoms with E-state index in [2.05, 4.69) is 36.1 Å². The number of piperazine rings is 1. The van der Waals surface area contributed by atoms with Crippen LogP contribution in [0.15, 0.2) is 18.2 Å². The van der Waals surface area contributed by atoms with Crippen molar-refractivity contribution >= 4 is 0 Å². The summed E-state index contributed by atoms with van der Waals surface area (Å²) in [6.07, 6.45) is 0.630. The van der Waals surface area contributed by atoms with Gasteiger partial charge in [-0.05, 0) is 44.8 Å². The molecular formula is C16H25F2N3. The number of halogens is 2. The number of benzene rings is 1. The normalized spacial score (nSPS) is 22.4. The second-order valence-corrected chi connectivity index (χ2v) is 5.96. The number of hydrogen-bond acceptors (Lipinski definition) is 3. The number of hydrogen-bond donors (Lipinski definition) is 1. The Hall–Kier alpha value is -1.04. The van der Waals surface area contributed by atoms with Gasteiger partial charge in [-0.1, -0.05) is 6.92 Å². The molecular weight excluding hydrogens is 272 g/mol. The molecule has 0 aromatic heterocycles. The van der Waals surface area contributed by atoms with Crippen LogP contribution in [0.25, 0.3) is 0 Å².